The van der Waals surface area contributed by atoms with Gasteiger partial charge in [0.2, 0.25) is 0 Å². The summed E-state index contributed by atoms with van der Waals surface area (Å²) in [6.45, 7) is 6.06. The number of nitrogens with zero attached hydrogens (tertiary/aromatic N) is 2. The van der Waals surface area contributed by atoms with E-state index in [-0.39, 0.29) is 11.6 Å². The topological polar surface area (TPSA) is 98.3 Å². The van der Waals surface area contributed by atoms with Crippen molar-refractivity contribution >= 4 is 38.8 Å². The van der Waals surface area contributed by atoms with E-state index in [4.69, 9.17) is 20.4 Å². The predicted molar refractivity (Wildman–Crippen MR) is 124 cm³/mol. The van der Waals surface area contributed by atoms with E-state index in [0.29, 0.717) is 40.5 Å². The van der Waals surface area contributed by atoms with E-state index in [0.717, 1.165) is 17.3 Å². The first kappa shape index (κ1) is 21.0. The molecule has 0 aliphatic carbocycles. The van der Waals surface area contributed by atoms with Crippen LogP contribution in [0.25, 0.3) is 32.8 Å². The molecule has 6 heteroatoms. The number of hydrogen-bond acceptors (Lipinski definition) is 5. The number of fused-ring (bicyclic) bond motifs is 4. The predicted octanol–water partition coefficient (Wildman–Crippen LogP) is 5.31. The number of hydrogen-bond donors (Lipinski definition) is 2. The third kappa shape index (κ3) is 3.37. The molecular formula is C25H27N3O3. The number of carboxylic acids is 1. The van der Waals surface area contributed by atoms with E-state index in [9.17, 15) is 9.90 Å². The fourth-order valence-electron chi connectivity index (χ4n) is 4.37. The summed E-state index contributed by atoms with van der Waals surface area (Å²) in [6.07, 6.45) is 2.04. The molecule has 1 unspecified atom stereocenters. The molecule has 0 aliphatic heterocycles. The van der Waals surface area contributed by atoms with Gasteiger partial charge in [0.15, 0.2) is 0 Å². The smallest absolute Gasteiger partial charge is 0.341 e. The second-order valence-electron chi connectivity index (χ2n) is 7.85. The summed E-state index contributed by atoms with van der Waals surface area (Å²) >= 11 is 0. The maximum absolute atomic E-state index is 12.5. The molecule has 0 bridgehead atoms. The van der Waals surface area contributed by atoms with E-state index in [1.54, 1.807) is 0 Å². The van der Waals surface area contributed by atoms with E-state index in [2.05, 4.69) is 0 Å². The van der Waals surface area contributed by atoms with Crippen molar-refractivity contribution in [3.8, 4) is 5.75 Å². The van der Waals surface area contributed by atoms with Gasteiger partial charge >= 0.3 is 5.97 Å². The molecule has 4 rings (SSSR count). The maximum Gasteiger partial charge on any atom is 0.341 e. The molecule has 6 nitrogen and oxygen atoms in total. The van der Waals surface area contributed by atoms with Gasteiger partial charge in [-0.3, -0.25) is 0 Å². The number of para-hydroxylation sites is 2. The molecule has 0 radical (unpaired) electrons. The molecule has 0 saturated heterocycles. The Morgan fingerprint density at radius 3 is 2.06 bits per heavy atom. The monoisotopic (exact) mass is 417 g/mol. The molecule has 0 aliphatic rings. The van der Waals surface area contributed by atoms with Gasteiger partial charge in [-0.2, -0.15) is 0 Å². The minimum atomic E-state index is -1.10. The summed E-state index contributed by atoms with van der Waals surface area (Å²) in [6, 6.07) is 14.8. The molecule has 3 aromatic carbocycles. The van der Waals surface area contributed by atoms with Crippen LogP contribution in [-0.2, 0) is 0 Å². The Labute approximate surface area is 181 Å². The van der Waals surface area contributed by atoms with E-state index in [1.807, 2.05) is 69.3 Å². The Morgan fingerprint density at radius 1 is 0.968 bits per heavy atom. The number of nitrogens with two attached hydrogens (primary N) is 1. The Hall–Kier alpha value is -3.25. The average molecular weight is 418 g/mol. The lowest BCUT2D eigenvalue weighted by molar-refractivity contribution is 0.0315. The summed E-state index contributed by atoms with van der Waals surface area (Å²) in [5.41, 5.74) is 8.06. The summed E-state index contributed by atoms with van der Waals surface area (Å²) in [7, 11) is 0. The normalized spacial score (nSPS) is 13.0. The van der Waals surface area contributed by atoms with Crippen molar-refractivity contribution in [2.24, 2.45) is 5.73 Å². The molecular weight excluding hydrogens is 390 g/mol. The van der Waals surface area contributed by atoms with Gasteiger partial charge in [0.05, 0.1) is 16.6 Å². The lowest BCUT2D eigenvalue weighted by atomic mass is 9.86. The number of carbonyl (C=O) groups is 1. The van der Waals surface area contributed by atoms with Crippen molar-refractivity contribution < 1.29 is 14.6 Å². The Balaban J connectivity index is 2.14. The van der Waals surface area contributed by atoms with Gasteiger partial charge in [0.1, 0.15) is 22.4 Å². The van der Waals surface area contributed by atoms with E-state index < -0.39 is 11.6 Å². The van der Waals surface area contributed by atoms with Crippen LogP contribution in [0.5, 0.6) is 5.75 Å². The highest BCUT2D eigenvalue weighted by atomic mass is 16.5. The fourth-order valence-corrected chi connectivity index (χ4v) is 4.37. The van der Waals surface area contributed by atoms with Gasteiger partial charge in [-0.15, -0.1) is 0 Å². The molecule has 0 fully saturated rings. The summed E-state index contributed by atoms with van der Waals surface area (Å²) in [4.78, 5) is 22.0. The summed E-state index contributed by atoms with van der Waals surface area (Å²) < 4.78 is 6.61. The third-order valence-electron chi connectivity index (χ3n) is 6.29. The number of aromatic nitrogens is 2. The zero-order valence-electron chi connectivity index (χ0n) is 18.1. The van der Waals surface area contributed by atoms with Gasteiger partial charge < -0.3 is 15.6 Å². The van der Waals surface area contributed by atoms with Gasteiger partial charge in [-0.25, -0.2) is 14.8 Å². The van der Waals surface area contributed by atoms with Crippen molar-refractivity contribution in [3.05, 3.63) is 54.1 Å². The van der Waals surface area contributed by atoms with Crippen LogP contribution in [0.15, 0.2) is 48.5 Å². The van der Waals surface area contributed by atoms with Crippen LogP contribution in [0.3, 0.4) is 0 Å². The first-order valence-corrected chi connectivity index (χ1v) is 10.7. The van der Waals surface area contributed by atoms with Gasteiger partial charge in [0.25, 0.3) is 0 Å². The van der Waals surface area contributed by atoms with Crippen molar-refractivity contribution in [2.75, 3.05) is 0 Å². The lowest BCUT2D eigenvalue weighted by Gasteiger charge is -2.38. The van der Waals surface area contributed by atoms with Crippen LogP contribution in [0.2, 0.25) is 0 Å². The molecule has 1 aromatic heterocycles. The first-order chi connectivity index (χ1) is 15.0. The highest BCUT2D eigenvalue weighted by Crippen LogP contribution is 2.41. The number of benzene rings is 3. The fraction of sp³-hybridized carbons (Fsp3) is 0.320. The molecule has 0 saturated carbocycles. The van der Waals surface area contributed by atoms with Crippen molar-refractivity contribution in [1.82, 2.24) is 9.97 Å². The molecule has 4 aromatic rings. The largest absolute Gasteiger partial charge is 0.484 e. The highest BCUT2D eigenvalue weighted by molar-refractivity contribution is 6.17. The standard InChI is InChI=1S/C25H27N3O3/c1-4-19(26)25(5-2,6-3)31-23-16-12-8-7-11-15(16)21-22(20(23)24(29)30)28-18-14-10-9-13-17(18)27-21/h7-14,19H,4-6,26H2,1-3H3,(H,29,30). The molecule has 3 N–H and O–H groups in total. The second-order valence-corrected chi connectivity index (χ2v) is 7.85. The van der Waals surface area contributed by atoms with Crippen LogP contribution in [0.1, 0.15) is 50.4 Å². The molecule has 31 heavy (non-hydrogen) atoms. The van der Waals surface area contributed by atoms with Gasteiger partial charge in [-0.05, 0) is 31.4 Å². The van der Waals surface area contributed by atoms with Gasteiger partial charge in [0, 0.05) is 16.8 Å². The minimum absolute atomic E-state index is 0.0292. The summed E-state index contributed by atoms with van der Waals surface area (Å²) in [5, 5.41) is 11.8. The van der Waals surface area contributed by atoms with Crippen molar-refractivity contribution in [2.45, 2.75) is 51.7 Å². The maximum atomic E-state index is 12.5. The molecule has 160 valence electrons. The number of aromatic carboxylic acids is 1. The van der Waals surface area contributed by atoms with Crippen LogP contribution in [-0.4, -0.2) is 32.7 Å². The zero-order valence-corrected chi connectivity index (χ0v) is 18.1. The first-order valence-electron chi connectivity index (χ1n) is 10.7. The highest BCUT2D eigenvalue weighted by Gasteiger charge is 2.37. The summed E-state index contributed by atoms with van der Waals surface area (Å²) in [5.74, 6) is -0.783. The SMILES string of the molecule is CCC(N)C(CC)(CC)Oc1c(C(=O)O)c2nc3ccccc3nc2c2ccccc12. The Kier molecular flexibility index (Phi) is 5.50. The van der Waals surface area contributed by atoms with Crippen LogP contribution >= 0.6 is 0 Å². The zero-order chi connectivity index (χ0) is 22.2. The number of rotatable bonds is 7. The quantitative estimate of drug-likeness (QED) is 0.312. The lowest BCUT2D eigenvalue weighted by Crippen LogP contribution is -2.51. The van der Waals surface area contributed by atoms with Crippen molar-refractivity contribution in [1.29, 1.82) is 0 Å². The number of ether oxygens (including phenoxy) is 1. The van der Waals surface area contributed by atoms with Crippen LogP contribution < -0.4 is 10.5 Å². The van der Waals surface area contributed by atoms with Crippen LogP contribution in [0.4, 0.5) is 0 Å². The van der Waals surface area contributed by atoms with E-state index in [1.165, 1.54) is 0 Å². The van der Waals surface area contributed by atoms with E-state index >= 15 is 0 Å². The second kappa shape index (κ2) is 8.12. The Bertz CT molecular complexity index is 1280. The molecule has 1 atom stereocenters. The average Bonchev–Trinajstić information content (AvgIpc) is 2.80. The van der Waals surface area contributed by atoms with Crippen molar-refractivity contribution in [3.63, 3.8) is 0 Å². The number of carboxylic acid groups (broad SMARTS) is 1. The molecule has 0 spiro atoms. The third-order valence-corrected chi connectivity index (χ3v) is 6.29. The molecule has 0 amide bonds. The van der Waals surface area contributed by atoms with Gasteiger partial charge in [-0.1, -0.05) is 57.2 Å². The minimum Gasteiger partial charge on any atom is -0.484 e. The van der Waals surface area contributed by atoms with Crippen LogP contribution in [0, 0.1) is 0 Å². The Morgan fingerprint density at radius 2 is 1.52 bits per heavy atom. The molecule has 1 heterocycles.